The Hall–Kier alpha value is -1.39. The van der Waals surface area contributed by atoms with Gasteiger partial charge >= 0.3 is 0 Å². The zero-order valence-electron chi connectivity index (χ0n) is 12.4. The predicted molar refractivity (Wildman–Crippen MR) is 87.4 cm³/mol. The van der Waals surface area contributed by atoms with E-state index in [1.165, 1.54) is 12.1 Å². The van der Waals surface area contributed by atoms with Gasteiger partial charge in [0.25, 0.3) is 0 Å². The highest BCUT2D eigenvalue weighted by atomic mass is 79.9. The molecule has 0 heterocycles. The third-order valence-electron chi connectivity index (χ3n) is 3.44. The van der Waals surface area contributed by atoms with Crippen molar-refractivity contribution >= 4 is 15.9 Å². The second-order valence-electron chi connectivity index (χ2n) is 4.86. The normalized spacial score (nSPS) is 12.2. The van der Waals surface area contributed by atoms with E-state index < -0.39 is 0 Å². The van der Waals surface area contributed by atoms with Crippen LogP contribution in [0.1, 0.15) is 29.7 Å². The van der Waals surface area contributed by atoms with Crippen molar-refractivity contribution in [2.24, 2.45) is 0 Å². The van der Waals surface area contributed by atoms with Gasteiger partial charge in [-0.05, 0) is 42.8 Å². The average molecular weight is 352 g/mol. The van der Waals surface area contributed by atoms with Crippen LogP contribution >= 0.6 is 15.9 Å². The summed E-state index contributed by atoms with van der Waals surface area (Å²) in [5.74, 6) is 0.410. The Morgan fingerprint density at radius 1 is 1.24 bits per heavy atom. The van der Waals surface area contributed by atoms with Crippen LogP contribution in [0.2, 0.25) is 0 Å². The maximum absolute atomic E-state index is 13.7. The van der Waals surface area contributed by atoms with Gasteiger partial charge in [-0.1, -0.05) is 41.1 Å². The van der Waals surface area contributed by atoms with E-state index in [1.807, 2.05) is 32.0 Å². The summed E-state index contributed by atoms with van der Waals surface area (Å²) in [6.45, 7) is 4.84. The highest BCUT2D eigenvalue weighted by Crippen LogP contribution is 2.35. The number of rotatable bonds is 5. The molecule has 0 amide bonds. The second kappa shape index (κ2) is 7.05. The van der Waals surface area contributed by atoms with Gasteiger partial charge in [0.1, 0.15) is 11.6 Å². The molecule has 2 aromatic carbocycles. The fraction of sp³-hybridized carbons (Fsp3) is 0.294. The summed E-state index contributed by atoms with van der Waals surface area (Å²) in [6, 6.07) is 10.6. The van der Waals surface area contributed by atoms with Gasteiger partial charge in [-0.15, -0.1) is 0 Å². The molecule has 0 saturated carbocycles. The molecule has 4 heteroatoms. The van der Waals surface area contributed by atoms with E-state index in [0.29, 0.717) is 5.75 Å². The van der Waals surface area contributed by atoms with E-state index in [0.717, 1.165) is 27.7 Å². The number of hydrogen-bond acceptors (Lipinski definition) is 2. The summed E-state index contributed by atoms with van der Waals surface area (Å²) in [7, 11) is 1.60. The van der Waals surface area contributed by atoms with E-state index in [9.17, 15) is 4.39 Å². The van der Waals surface area contributed by atoms with E-state index in [-0.39, 0.29) is 11.9 Å². The molecule has 0 bridgehead atoms. The van der Waals surface area contributed by atoms with Crippen LogP contribution in [0.15, 0.2) is 40.9 Å². The van der Waals surface area contributed by atoms with Crippen molar-refractivity contribution in [3.05, 3.63) is 63.4 Å². The first kappa shape index (κ1) is 16.0. The summed E-state index contributed by atoms with van der Waals surface area (Å²) in [4.78, 5) is 0. The van der Waals surface area contributed by atoms with Crippen LogP contribution in [0, 0.1) is 12.7 Å². The van der Waals surface area contributed by atoms with Crippen molar-refractivity contribution < 1.29 is 9.13 Å². The lowest BCUT2D eigenvalue weighted by Gasteiger charge is -2.23. The third kappa shape index (κ3) is 3.44. The second-order valence-corrected chi connectivity index (χ2v) is 5.65. The lowest BCUT2D eigenvalue weighted by Crippen LogP contribution is -2.23. The first-order valence-corrected chi connectivity index (χ1v) is 7.69. The predicted octanol–water partition coefficient (Wildman–Crippen LogP) is 4.60. The van der Waals surface area contributed by atoms with Gasteiger partial charge < -0.3 is 10.1 Å². The Morgan fingerprint density at radius 3 is 2.67 bits per heavy atom. The van der Waals surface area contributed by atoms with Crippen molar-refractivity contribution in [3.63, 3.8) is 0 Å². The smallest absolute Gasteiger partial charge is 0.124 e. The van der Waals surface area contributed by atoms with Crippen LogP contribution in [0.3, 0.4) is 0 Å². The number of halogens is 2. The van der Waals surface area contributed by atoms with E-state index in [2.05, 4.69) is 21.2 Å². The molecular formula is C17H19BrFNO. The summed E-state index contributed by atoms with van der Waals surface area (Å²) in [6.07, 6.45) is 0. The van der Waals surface area contributed by atoms with Crippen LogP contribution in [0.4, 0.5) is 4.39 Å². The van der Waals surface area contributed by atoms with Crippen LogP contribution in [-0.2, 0) is 0 Å². The van der Waals surface area contributed by atoms with Crippen LogP contribution < -0.4 is 10.1 Å². The molecule has 0 aliphatic heterocycles. The van der Waals surface area contributed by atoms with Crippen molar-refractivity contribution in [2.45, 2.75) is 19.9 Å². The van der Waals surface area contributed by atoms with E-state index in [1.54, 1.807) is 13.2 Å². The van der Waals surface area contributed by atoms with Gasteiger partial charge in [0.05, 0.1) is 13.2 Å². The third-order valence-corrected chi connectivity index (χ3v) is 4.53. The molecule has 1 N–H and O–H groups in total. The van der Waals surface area contributed by atoms with Crippen molar-refractivity contribution in [3.8, 4) is 5.75 Å². The molecule has 0 spiro atoms. The molecule has 2 aromatic rings. The lowest BCUT2D eigenvalue weighted by molar-refractivity contribution is 0.402. The highest BCUT2D eigenvalue weighted by molar-refractivity contribution is 9.10. The molecule has 0 aromatic heterocycles. The van der Waals surface area contributed by atoms with Gasteiger partial charge in [0.2, 0.25) is 0 Å². The topological polar surface area (TPSA) is 21.3 Å². The zero-order chi connectivity index (χ0) is 15.4. The van der Waals surface area contributed by atoms with Gasteiger partial charge in [-0.2, -0.15) is 0 Å². The number of benzene rings is 2. The Kier molecular flexibility index (Phi) is 5.37. The monoisotopic (exact) mass is 351 g/mol. The minimum atomic E-state index is -0.266. The Labute approximate surface area is 133 Å². The van der Waals surface area contributed by atoms with Gasteiger partial charge in [0.15, 0.2) is 0 Å². The molecule has 0 saturated heterocycles. The minimum absolute atomic E-state index is 0.130. The molecule has 0 aliphatic rings. The molecular weight excluding hydrogens is 333 g/mol. The number of aryl methyl sites for hydroxylation is 1. The van der Waals surface area contributed by atoms with Crippen molar-refractivity contribution in [2.75, 3.05) is 13.7 Å². The number of nitrogens with one attached hydrogen (secondary N) is 1. The summed E-state index contributed by atoms with van der Waals surface area (Å²) in [5.41, 5.74) is 3.01. The number of ether oxygens (including phenoxy) is 1. The standard InChI is InChI=1S/C17H19BrFNO/c1-4-20-17(13-7-5-6-11(2)16(13)18)14-10-12(19)8-9-15(14)21-3/h5-10,17,20H,4H2,1-3H3. The minimum Gasteiger partial charge on any atom is -0.496 e. The molecule has 0 aliphatic carbocycles. The molecule has 1 atom stereocenters. The molecule has 1 unspecified atom stereocenters. The molecule has 2 nitrogen and oxygen atoms in total. The zero-order valence-corrected chi connectivity index (χ0v) is 14.0. The fourth-order valence-electron chi connectivity index (χ4n) is 2.42. The maximum Gasteiger partial charge on any atom is 0.124 e. The molecule has 0 radical (unpaired) electrons. The SMILES string of the molecule is CCNC(c1cc(F)ccc1OC)c1cccc(C)c1Br. The van der Waals surface area contributed by atoms with Gasteiger partial charge in [0, 0.05) is 10.0 Å². The van der Waals surface area contributed by atoms with E-state index >= 15 is 0 Å². The Balaban J connectivity index is 2.58. The quantitative estimate of drug-likeness (QED) is 0.849. The molecule has 112 valence electrons. The van der Waals surface area contributed by atoms with Crippen molar-refractivity contribution in [1.29, 1.82) is 0 Å². The summed E-state index contributed by atoms with van der Waals surface area (Å²) < 4.78 is 20.1. The Bertz CT molecular complexity index is 630. The summed E-state index contributed by atoms with van der Waals surface area (Å²) in [5, 5.41) is 3.41. The average Bonchev–Trinajstić information content (AvgIpc) is 2.48. The lowest BCUT2D eigenvalue weighted by atomic mass is 9.96. The number of methoxy groups -OCH3 is 1. The first-order chi connectivity index (χ1) is 10.1. The first-order valence-electron chi connectivity index (χ1n) is 6.90. The maximum atomic E-state index is 13.7. The molecule has 21 heavy (non-hydrogen) atoms. The van der Waals surface area contributed by atoms with E-state index in [4.69, 9.17) is 4.74 Å². The van der Waals surface area contributed by atoms with Crippen LogP contribution in [0.25, 0.3) is 0 Å². The Morgan fingerprint density at radius 2 is 2.00 bits per heavy atom. The number of hydrogen-bond donors (Lipinski definition) is 1. The molecule has 0 fully saturated rings. The van der Waals surface area contributed by atoms with Crippen LogP contribution in [0.5, 0.6) is 5.75 Å². The van der Waals surface area contributed by atoms with Crippen LogP contribution in [-0.4, -0.2) is 13.7 Å². The summed E-state index contributed by atoms with van der Waals surface area (Å²) >= 11 is 3.64. The molecule has 2 rings (SSSR count). The van der Waals surface area contributed by atoms with Gasteiger partial charge in [-0.3, -0.25) is 0 Å². The fourth-order valence-corrected chi connectivity index (χ4v) is 2.91. The largest absolute Gasteiger partial charge is 0.496 e. The van der Waals surface area contributed by atoms with Gasteiger partial charge in [-0.25, -0.2) is 4.39 Å². The highest BCUT2D eigenvalue weighted by Gasteiger charge is 2.20. The van der Waals surface area contributed by atoms with Crippen molar-refractivity contribution in [1.82, 2.24) is 5.32 Å².